The first-order valence-corrected chi connectivity index (χ1v) is 7.06. The molecule has 2 amide bonds. The molecule has 0 unspecified atom stereocenters. The predicted octanol–water partition coefficient (Wildman–Crippen LogP) is 1.83. The van der Waals surface area contributed by atoms with Crippen LogP contribution in [0, 0.1) is 0 Å². The van der Waals surface area contributed by atoms with E-state index in [0.717, 1.165) is 5.56 Å². The van der Waals surface area contributed by atoms with E-state index in [0.29, 0.717) is 23.6 Å². The van der Waals surface area contributed by atoms with Crippen molar-refractivity contribution >= 4 is 6.03 Å². The Kier molecular flexibility index (Phi) is 5.87. The van der Waals surface area contributed by atoms with E-state index in [9.17, 15) is 9.90 Å². The van der Waals surface area contributed by atoms with Crippen LogP contribution in [0.15, 0.2) is 41.2 Å². The molecule has 1 heterocycles. The van der Waals surface area contributed by atoms with Crippen LogP contribution in [0.1, 0.15) is 17.2 Å². The van der Waals surface area contributed by atoms with Gasteiger partial charge in [0.25, 0.3) is 0 Å². The van der Waals surface area contributed by atoms with Crippen LogP contribution in [0.25, 0.3) is 0 Å². The molecule has 2 aromatic rings. The van der Waals surface area contributed by atoms with Crippen LogP contribution in [-0.4, -0.2) is 31.9 Å². The highest BCUT2D eigenvalue weighted by atomic mass is 16.5. The number of aliphatic hydroxyl groups is 1. The molecule has 0 saturated carbocycles. The summed E-state index contributed by atoms with van der Waals surface area (Å²) in [5.74, 6) is 1.13. The molecular weight excluding hydrogens is 300 g/mol. The lowest BCUT2D eigenvalue weighted by Crippen LogP contribution is -2.37. The number of carbonyl (C=O) groups is 1. The van der Waals surface area contributed by atoms with Crippen LogP contribution < -0.4 is 20.1 Å². The Balaban J connectivity index is 1.88. The summed E-state index contributed by atoms with van der Waals surface area (Å²) >= 11 is 0. The van der Waals surface area contributed by atoms with Gasteiger partial charge in [-0.25, -0.2) is 4.79 Å². The lowest BCUT2D eigenvalue weighted by Gasteiger charge is -2.16. The minimum atomic E-state index is -0.917. The maximum Gasteiger partial charge on any atom is 0.315 e. The van der Waals surface area contributed by atoms with Crippen LogP contribution in [0.5, 0.6) is 11.5 Å². The van der Waals surface area contributed by atoms with E-state index in [1.54, 1.807) is 37.6 Å². The second-order valence-electron chi connectivity index (χ2n) is 4.82. The molecule has 0 aliphatic heterocycles. The molecule has 0 bridgehead atoms. The van der Waals surface area contributed by atoms with Crippen molar-refractivity contribution < 1.29 is 23.8 Å². The number of aliphatic hydroxyl groups excluding tert-OH is 1. The number of hydrogen-bond acceptors (Lipinski definition) is 5. The van der Waals surface area contributed by atoms with E-state index >= 15 is 0 Å². The number of furan rings is 1. The van der Waals surface area contributed by atoms with Crippen molar-refractivity contribution in [3.05, 3.63) is 47.9 Å². The molecule has 1 aromatic carbocycles. The summed E-state index contributed by atoms with van der Waals surface area (Å²) < 4.78 is 15.3. The van der Waals surface area contributed by atoms with E-state index < -0.39 is 6.10 Å². The number of nitrogens with one attached hydrogen (secondary N) is 2. The number of rotatable bonds is 7. The van der Waals surface area contributed by atoms with E-state index in [1.165, 1.54) is 13.4 Å². The number of urea groups is 1. The largest absolute Gasteiger partial charge is 0.497 e. The zero-order valence-electron chi connectivity index (χ0n) is 13.0. The van der Waals surface area contributed by atoms with Gasteiger partial charge in [-0.2, -0.15) is 0 Å². The summed E-state index contributed by atoms with van der Waals surface area (Å²) in [6, 6.07) is 6.49. The Morgan fingerprint density at radius 1 is 1.26 bits per heavy atom. The third-order valence-electron chi connectivity index (χ3n) is 3.29. The van der Waals surface area contributed by atoms with E-state index in [1.807, 2.05) is 0 Å². The molecule has 2 rings (SSSR count). The maximum absolute atomic E-state index is 11.7. The van der Waals surface area contributed by atoms with Gasteiger partial charge in [0, 0.05) is 24.2 Å². The van der Waals surface area contributed by atoms with Gasteiger partial charge in [-0.1, -0.05) is 0 Å². The third kappa shape index (κ3) is 4.65. The average Bonchev–Trinajstić information content (AvgIpc) is 3.10. The first kappa shape index (κ1) is 16.7. The molecule has 23 heavy (non-hydrogen) atoms. The highest BCUT2D eigenvalue weighted by molar-refractivity contribution is 5.73. The van der Waals surface area contributed by atoms with Gasteiger partial charge >= 0.3 is 6.03 Å². The van der Waals surface area contributed by atoms with Gasteiger partial charge in [-0.3, -0.25) is 0 Å². The summed E-state index contributed by atoms with van der Waals surface area (Å²) in [5, 5.41) is 15.5. The molecule has 0 fully saturated rings. The highest BCUT2D eigenvalue weighted by Crippen LogP contribution is 2.28. The van der Waals surface area contributed by atoms with Crippen molar-refractivity contribution in [2.45, 2.75) is 12.6 Å². The summed E-state index contributed by atoms with van der Waals surface area (Å²) in [4.78, 5) is 11.7. The SMILES string of the molecule is COc1ccc(OC)c([C@H](O)CNC(=O)NCc2ccoc2)c1. The Morgan fingerprint density at radius 3 is 2.74 bits per heavy atom. The Morgan fingerprint density at radius 2 is 2.09 bits per heavy atom. The average molecular weight is 320 g/mol. The number of amides is 2. The monoisotopic (exact) mass is 320 g/mol. The van der Waals surface area contributed by atoms with E-state index in [2.05, 4.69) is 10.6 Å². The van der Waals surface area contributed by atoms with Crippen molar-refractivity contribution in [3.63, 3.8) is 0 Å². The summed E-state index contributed by atoms with van der Waals surface area (Å²) in [6.07, 6.45) is 2.17. The van der Waals surface area contributed by atoms with Gasteiger partial charge in [0.15, 0.2) is 0 Å². The van der Waals surface area contributed by atoms with Gasteiger partial charge in [0.05, 0.1) is 26.7 Å². The van der Waals surface area contributed by atoms with Gasteiger partial charge in [0.2, 0.25) is 0 Å². The van der Waals surface area contributed by atoms with Crippen molar-refractivity contribution in [2.24, 2.45) is 0 Å². The Labute approximate surface area is 134 Å². The summed E-state index contributed by atoms with van der Waals surface area (Å²) in [5.41, 5.74) is 1.40. The van der Waals surface area contributed by atoms with E-state index in [4.69, 9.17) is 13.9 Å². The molecule has 0 spiro atoms. The van der Waals surface area contributed by atoms with Crippen LogP contribution >= 0.6 is 0 Å². The fraction of sp³-hybridized carbons (Fsp3) is 0.312. The van der Waals surface area contributed by atoms with Gasteiger partial charge < -0.3 is 29.6 Å². The van der Waals surface area contributed by atoms with Gasteiger partial charge in [0.1, 0.15) is 17.6 Å². The topological polar surface area (TPSA) is 93.0 Å². The van der Waals surface area contributed by atoms with Crippen LogP contribution in [0.2, 0.25) is 0 Å². The second kappa shape index (κ2) is 8.09. The van der Waals surface area contributed by atoms with Crippen LogP contribution in [0.4, 0.5) is 4.79 Å². The number of carbonyl (C=O) groups excluding carboxylic acids is 1. The lowest BCUT2D eigenvalue weighted by atomic mass is 10.1. The third-order valence-corrected chi connectivity index (χ3v) is 3.29. The molecule has 3 N–H and O–H groups in total. The number of methoxy groups -OCH3 is 2. The molecule has 7 nitrogen and oxygen atoms in total. The molecular formula is C16H20N2O5. The minimum Gasteiger partial charge on any atom is -0.497 e. The summed E-state index contributed by atoms with van der Waals surface area (Å²) in [7, 11) is 3.06. The zero-order chi connectivity index (χ0) is 16.7. The lowest BCUT2D eigenvalue weighted by molar-refractivity contribution is 0.169. The van der Waals surface area contributed by atoms with Crippen molar-refractivity contribution in [1.82, 2.24) is 10.6 Å². The molecule has 1 atom stereocenters. The molecule has 0 radical (unpaired) electrons. The number of benzene rings is 1. The molecule has 0 saturated heterocycles. The van der Waals surface area contributed by atoms with Gasteiger partial charge in [-0.05, 0) is 24.3 Å². The smallest absolute Gasteiger partial charge is 0.315 e. The first-order valence-electron chi connectivity index (χ1n) is 7.06. The quantitative estimate of drug-likeness (QED) is 0.724. The number of ether oxygens (including phenoxy) is 2. The zero-order valence-corrected chi connectivity index (χ0v) is 13.0. The van der Waals surface area contributed by atoms with Gasteiger partial charge in [-0.15, -0.1) is 0 Å². The molecule has 1 aromatic heterocycles. The molecule has 0 aliphatic carbocycles. The molecule has 124 valence electrons. The summed E-state index contributed by atoms with van der Waals surface area (Å²) in [6.45, 7) is 0.391. The number of hydrogen-bond donors (Lipinski definition) is 3. The van der Waals surface area contributed by atoms with Crippen LogP contribution in [0.3, 0.4) is 0 Å². The fourth-order valence-corrected chi connectivity index (χ4v) is 2.04. The van der Waals surface area contributed by atoms with Crippen molar-refractivity contribution in [1.29, 1.82) is 0 Å². The fourth-order valence-electron chi connectivity index (χ4n) is 2.04. The highest BCUT2D eigenvalue weighted by Gasteiger charge is 2.15. The maximum atomic E-state index is 11.7. The Hall–Kier alpha value is -2.67. The standard InChI is InChI=1S/C16H20N2O5/c1-21-12-3-4-15(22-2)13(7-12)14(19)9-18-16(20)17-8-11-5-6-23-10-11/h3-7,10,14,19H,8-9H2,1-2H3,(H2,17,18,20)/t14-/m1/s1. The minimum absolute atomic E-state index is 0.0424. The Bertz CT molecular complexity index is 627. The predicted molar refractivity (Wildman–Crippen MR) is 83.5 cm³/mol. The second-order valence-corrected chi connectivity index (χ2v) is 4.82. The van der Waals surface area contributed by atoms with Crippen molar-refractivity contribution in [2.75, 3.05) is 20.8 Å². The van der Waals surface area contributed by atoms with Crippen LogP contribution in [-0.2, 0) is 6.54 Å². The van der Waals surface area contributed by atoms with E-state index in [-0.39, 0.29) is 12.6 Å². The normalized spacial score (nSPS) is 11.6. The molecule has 7 heteroatoms. The van der Waals surface area contributed by atoms with Crippen molar-refractivity contribution in [3.8, 4) is 11.5 Å². The first-order chi connectivity index (χ1) is 11.1. The molecule has 0 aliphatic rings.